The third-order valence-corrected chi connectivity index (χ3v) is 4.61. The monoisotopic (exact) mass is 404 g/mol. The van der Waals surface area contributed by atoms with E-state index in [1.54, 1.807) is 0 Å². The van der Waals surface area contributed by atoms with E-state index < -0.39 is 66.1 Å². The lowest BCUT2D eigenvalue weighted by Crippen LogP contribution is -2.32. The van der Waals surface area contributed by atoms with Gasteiger partial charge in [-0.3, -0.25) is 0 Å². The van der Waals surface area contributed by atoms with Gasteiger partial charge in [0.25, 0.3) is 0 Å². The molecule has 4 aromatic carbocycles. The van der Waals surface area contributed by atoms with E-state index in [0.29, 0.717) is 5.56 Å². The molecule has 0 amide bonds. The van der Waals surface area contributed by atoms with Crippen LogP contribution in [0.1, 0.15) is 29.6 Å². The number of benzene rings is 4. The Morgan fingerprint density at radius 1 is 0.793 bits per heavy atom. The van der Waals surface area contributed by atoms with Gasteiger partial charge in [-0.1, -0.05) is 90.8 Å². The molecule has 29 heavy (non-hydrogen) atoms. The lowest BCUT2D eigenvalue weighted by molar-refractivity contribution is 0.766. The topological polar surface area (TPSA) is 36.8 Å². The summed E-state index contributed by atoms with van der Waals surface area (Å²) in [6, 6.07) is 7.90. The first kappa shape index (κ1) is 10.4. The van der Waals surface area contributed by atoms with E-state index in [-0.39, 0.29) is 22.3 Å². The van der Waals surface area contributed by atoms with Crippen LogP contribution in [0.2, 0.25) is 0 Å². The molecule has 4 aromatic rings. The average Bonchev–Trinajstić information content (AvgIpc) is 2.91. The van der Waals surface area contributed by atoms with Gasteiger partial charge in [-0.15, -0.1) is 0 Å². The zero-order chi connectivity index (χ0) is 27.5. The van der Waals surface area contributed by atoms with Crippen molar-refractivity contribution in [2.75, 3.05) is 0 Å². The van der Waals surface area contributed by atoms with E-state index in [0.717, 1.165) is 10.8 Å². The van der Waals surface area contributed by atoms with Gasteiger partial charge in [-0.2, -0.15) is 0 Å². The van der Waals surface area contributed by atoms with Gasteiger partial charge in [0.05, 0.1) is 12.3 Å². The predicted molar refractivity (Wildman–Crippen MR) is 122 cm³/mol. The Balaban J connectivity index is 1.77. The second-order valence-electron chi connectivity index (χ2n) is 6.21. The second-order valence-corrected chi connectivity index (χ2v) is 6.57. The molecular weight excluding hydrogens is 378 g/mol. The summed E-state index contributed by atoms with van der Waals surface area (Å²) < 4.78 is 74.8. The molecule has 1 aliphatic heterocycles. The number of nitrogens with one attached hydrogen (secondary N) is 1. The fourth-order valence-corrected chi connectivity index (χ4v) is 3.31. The quantitative estimate of drug-likeness (QED) is 0.408. The summed E-state index contributed by atoms with van der Waals surface area (Å²) in [7, 11) is 0. The molecule has 140 valence electrons. The van der Waals surface area contributed by atoms with Gasteiger partial charge in [-0.25, -0.2) is 9.98 Å². The van der Waals surface area contributed by atoms with Gasteiger partial charge >= 0.3 is 0 Å². The van der Waals surface area contributed by atoms with E-state index in [1.165, 1.54) is 0 Å². The molecule has 3 nitrogen and oxygen atoms in total. The molecule has 0 radical (unpaired) electrons. The predicted octanol–water partition coefficient (Wildman–Crippen LogP) is 6.15. The Kier molecular flexibility index (Phi) is 2.70. The van der Waals surface area contributed by atoms with Crippen LogP contribution in [0.4, 0.5) is 0 Å². The molecule has 0 saturated carbocycles. The van der Waals surface area contributed by atoms with Crippen molar-refractivity contribution in [2.24, 2.45) is 9.98 Å². The number of nitrogens with zero attached hydrogens (tertiary/aromatic N) is 2. The average molecular weight is 405 g/mol. The van der Waals surface area contributed by atoms with Gasteiger partial charge in [-0.05, 0) is 39.5 Å². The second kappa shape index (κ2) is 7.53. The molecule has 1 aliphatic rings. The minimum atomic E-state index is -0.849. The van der Waals surface area contributed by atoms with E-state index in [2.05, 4.69) is 15.3 Å². The zero-order valence-electron chi connectivity index (χ0n) is 23.9. The summed E-state index contributed by atoms with van der Waals surface area (Å²) >= 11 is 6.32. The molecule has 0 bridgehead atoms. The smallest absolute Gasteiger partial charge is 0.199 e. The van der Waals surface area contributed by atoms with Crippen molar-refractivity contribution < 1.29 is 12.3 Å². The molecule has 4 heteroatoms. The summed E-state index contributed by atoms with van der Waals surface area (Å²) in [6.07, 6.45) is -0.849. The third kappa shape index (κ3) is 3.53. The van der Waals surface area contributed by atoms with Crippen LogP contribution in [0.5, 0.6) is 0 Å². The molecular formula is C25H18ClN3. The maximum atomic E-state index is 8.89. The van der Waals surface area contributed by atoms with Crippen molar-refractivity contribution in [3.05, 3.63) is 108 Å². The SMILES string of the molecule is [2H]c1c([2H])c([2H])c(-c2c([2H])c([2H])c([2H])c(C3=NC(c4cccc5ccccc45)N=C(Cl)N3)c2[2H])c([2H])c1[2H]. The van der Waals surface area contributed by atoms with Crippen LogP contribution >= 0.6 is 11.6 Å². The molecule has 0 spiro atoms. The van der Waals surface area contributed by atoms with Gasteiger partial charge in [0, 0.05) is 11.1 Å². The number of hydrogen-bond acceptors (Lipinski definition) is 3. The molecule has 0 aromatic heterocycles. The first-order valence-corrected chi connectivity index (χ1v) is 9.14. The minimum absolute atomic E-state index is 0.0555. The maximum absolute atomic E-state index is 8.89. The van der Waals surface area contributed by atoms with E-state index in [9.17, 15) is 0 Å². The first-order chi connectivity index (χ1) is 18.0. The number of rotatable bonds is 3. The molecule has 1 atom stereocenters. The van der Waals surface area contributed by atoms with E-state index in [1.807, 2.05) is 42.5 Å². The molecule has 5 rings (SSSR count). The number of aliphatic imine (C=N–C) groups is 2. The fraction of sp³-hybridized carbons (Fsp3) is 0.0400. The van der Waals surface area contributed by atoms with Crippen LogP contribution in [-0.2, 0) is 0 Å². The van der Waals surface area contributed by atoms with Gasteiger partial charge < -0.3 is 5.32 Å². The number of hydrogen-bond donors (Lipinski definition) is 1. The molecule has 1 unspecified atom stereocenters. The lowest BCUT2D eigenvalue weighted by atomic mass is 10.0. The maximum Gasteiger partial charge on any atom is 0.199 e. The van der Waals surface area contributed by atoms with Gasteiger partial charge in [0.1, 0.15) is 5.84 Å². The Hall–Kier alpha value is -3.43. The highest BCUT2D eigenvalue weighted by Gasteiger charge is 2.20. The lowest BCUT2D eigenvalue weighted by Gasteiger charge is -2.20. The Morgan fingerprint density at radius 3 is 2.45 bits per heavy atom. The van der Waals surface area contributed by atoms with Crippen LogP contribution in [-0.4, -0.2) is 11.1 Å². The summed E-state index contributed by atoms with van der Waals surface area (Å²) in [6.45, 7) is 0. The van der Waals surface area contributed by atoms with Crippen molar-refractivity contribution >= 4 is 33.5 Å². The summed E-state index contributed by atoms with van der Waals surface area (Å²) in [5, 5.41) is 4.48. The summed E-state index contributed by atoms with van der Waals surface area (Å²) in [4.78, 5) is 8.96. The number of fused-ring (bicyclic) bond motifs is 1. The standard InChI is InChI=1S/C25H18ClN3/c26-25-28-23(20-13-6-12-19(16-20)17-8-2-1-3-9-17)27-24(29-25)22-15-7-11-18-10-4-5-14-21(18)22/h1-16,24H,(H,27,28,29)/i1D,2D,3D,6D,8D,9D,12D,13D,16D. The zero-order valence-corrected chi connectivity index (χ0v) is 15.6. The Morgan fingerprint density at radius 2 is 1.55 bits per heavy atom. The summed E-state index contributed by atoms with van der Waals surface area (Å²) in [5.74, 6) is -0.0555. The van der Waals surface area contributed by atoms with Crippen molar-refractivity contribution in [1.82, 2.24) is 5.32 Å². The normalized spacial score (nSPS) is 20.4. The highest BCUT2D eigenvalue weighted by Crippen LogP contribution is 2.30. The molecule has 0 aliphatic carbocycles. The van der Waals surface area contributed by atoms with Gasteiger partial charge in [0.15, 0.2) is 11.5 Å². The van der Waals surface area contributed by atoms with Crippen molar-refractivity contribution in [3.63, 3.8) is 0 Å². The van der Waals surface area contributed by atoms with E-state index >= 15 is 0 Å². The van der Waals surface area contributed by atoms with Crippen molar-refractivity contribution in [1.29, 1.82) is 0 Å². The largest absolute Gasteiger partial charge is 0.315 e. The van der Waals surface area contributed by atoms with Crippen LogP contribution < -0.4 is 5.32 Å². The van der Waals surface area contributed by atoms with Gasteiger partial charge in [0.2, 0.25) is 0 Å². The van der Waals surface area contributed by atoms with Crippen LogP contribution in [0.25, 0.3) is 21.9 Å². The molecule has 0 saturated heterocycles. The Labute approximate surface area is 187 Å². The molecule has 0 fully saturated rings. The van der Waals surface area contributed by atoms with Crippen molar-refractivity contribution in [3.8, 4) is 11.1 Å². The van der Waals surface area contributed by atoms with E-state index in [4.69, 9.17) is 23.9 Å². The number of halogens is 1. The van der Waals surface area contributed by atoms with Crippen LogP contribution in [0.3, 0.4) is 0 Å². The van der Waals surface area contributed by atoms with Crippen molar-refractivity contribution in [2.45, 2.75) is 6.17 Å². The third-order valence-electron chi connectivity index (χ3n) is 4.42. The summed E-state index contributed by atoms with van der Waals surface area (Å²) in [5.41, 5.74) is -0.260. The Bertz CT molecular complexity index is 1680. The molecule has 1 N–H and O–H groups in total. The highest BCUT2D eigenvalue weighted by atomic mass is 35.5. The number of amidine groups is 2. The molecule has 1 heterocycles. The van der Waals surface area contributed by atoms with Crippen LogP contribution in [0.15, 0.2) is 107 Å². The minimum Gasteiger partial charge on any atom is -0.315 e. The fourth-order valence-electron chi connectivity index (χ4n) is 3.12. The highest BCUT2D eigenvalue weighted by molar-refractivity contribution is 6.66. The first-order valence-electron chi connectivity index (χ1n) is 13.3. The van der Waals surface area contributed by atoms with Crippen LogP contribution in [0, 0.1) is 0 Å².